The summed E-state index contributed by atoms with van der Waals surface area (Å²) in [5.41, 5.74) is 2.26. The van der Waals surface area contributed by atoms with Gasteiger partial charge in [-0.15, -0.1) is 11.3 Å². The number of nitrogens with one attached hydrogen (secondary N) is 2. The molecule has 34 heavy (non-hydrogen) atoms. The maximum atomic E-state index is 13.5. The van der Waals surface area contributed by atoms with Crippen molar-refractivity contribution in [3.05, 3.63) is 64.4 Å². The van der Waals surface area contributed by atoms with Crippen LogP contribution < -0.4 is 10.6 Å². The van der Waals surface area contributed by atoms with Crippen molar-refractivity contribution in [2.75, 3.05) is 38.0 Å². The molecule has 2 aromatic heterocycles. The number of thiophene rings is 1. The van der Waals surface area contributed by atoms with E-state index >= 15 is 0 Å². The van der Waals surface area contributed by atoms with E-state index in [9.17, 15) is 9.18 Å². The fourth-order valence-corrected chi connectivity index (χ4v) is 4.47. The van der Waals surface area contributed by atoms with Crippen LogP contribution in [0.1, 0.15) is 16.1 Å². The second-order valence-corrected chi connectivity index (χ2v) is 8.83. The fraction of sp³-hybridized carbons (Fsp3) is 0.208. The first-order valence-electron chi connectivity index (χ1n) is 10.4. The zero-order valence-electron chi connectivity index (χ0n) is 18.5. The average Bonchev–Trinajstić information content (AvgIpc) is 3.27. The highest BCUT2D eigenvalue weighted by Gasteiger charge is 2.14. The van der Waals surface area contributed by atoms with Gasteiger partial charge in [0.25, 0.3) is 0 Å². The molecule has 0 bridgehead atoms. The van der Waals surface area contributed by atoms with Gasteiger partial charge in [0.15, 0.2) is 0 Å². The molecule has 4 aromatic rings. The monoisotopic (exact) mass is 500 g/mol. The molecule has 176 valence electrons. The molecule has 0 saturated carbocycles. The zero-order valence-corrected chi connectivity index (χ0v) is 20.1. The van der Waals surface area contributed by atoms with Crippen LogP contribution in [0.5, 0.6) is 0 Å². The third-order valence-corrected chi connectivity index (χ3v) is 6.38. The third kappa shape index (κ3) is 5.44. The number of nitrogens with zero attached hydrogens (tertiary/aromatic N) is 2. The van der Waals surface area contributed by atoms with Crippen molar-refractivity contribution in [2.24, 2.45) is 0 Å². The topological polar surface area (TPSA) is 85.4 Å². The van der Waals surface area contributed by atoms with E-state index in [0.717, 1.165) is 27.6 Å². The second kappa shape index (κ2) is 10.8. The highest BCUT2D eigenvalue weighted by Crippen LogP contribution is 2.33. The van der Waals surface area contributed by atoms with Gasteiger partial charge in [-0.3, -0.25) is 0 Å². The number of methoxy groups -OCH3 is 2. The Hall–Kier alpha value is -3.27. The number of fused-ring (bicyclic) bond motifs is 1. The predicted molar refractivity (Wildman–Crippen MR) is 134 cm³/mol. The van der Waals surface area contributed by atoms with E-state index in [4.69, 9.17) is 21.1 Å². The quantitative estimate of drug-likeness (QED) is 0.211. The molecule has 0 aliphatic carbocycles. The van der Waals surface area contributed by atoms with Gasteiger partial charge in [-0.1, -0.05) is 17.7 Å². The number of hydrogen-bond donors (Lipinski definition) is 2. The number of benzene rings is 2. The van der Waals surface area contributed by atoms with Gasteiger partial charge in [-0.2, -0.15) is 4.98 Å². The summed E-state index contributed by atoms with van der Waals surface area (Å²) in [7, 11) is 3.02. The Balaban J connectivity index is 1.67. The van der Waals surface area contributed by atoms with Crippen LogP contribution in [-0.4, -0.2) is 43.3 Å². The van der Waals surface area contributed by atoms with Crippen LogP contribution in [0.2, 0.25) is 5.02 Å². The number of anilines is 3. The molecule has 0 unspecified atom stereocenters. The minimum absolute atomic E-state index is 0.00919. The molecule has 0 atom stereocenters. The summed E-state index contributed by atoms with van der Waals surface area (Å²) in [5.74, 6) is 0.112. The van der Waals surface area contributed by atoms with Crippen molar-refractivity contribution in [1.82, 2.24) is 9.97 Å². The normalized spacial score (nSPS) is 10.9. The van der Waals surface area contributed by atoms with E-state index in [2.05, 4.69) is 20.6 Å². The fourth-order valence-electron chi connectivity index (χ4n) is 3.33. The summed E-state index contributed by atoms with van der Waals surface area (Å²) in [5, 5.41) is 7.34. The van der Waals surface area contributed by atoms with E-state index in [-0.39, 0.29) is 11.0 Å². The lowest BCUT2D eigenvalue weighted by molar-refractivity contribution is 0.0606. The van der Waals surface area contributed by atoms with Crippen LogP contribution in [0, 0.1) is 5.82 Å². The second-order valence-electron chi connectivity index (χ2n) is 7.34. The van der Waals surface area contributed by atoms with E-state index < -0.39 is 5.82 Å². The molecule has 0 aliphatic rings. The average molecular weight is 501 g/mol. The molecule has 10 heteroatoms. The highest BCUT2D eigenvalue weighted by atomic mass is 35.5. The molecule has 0 spiro atoms. The summed E-state index contributed by atoms with van der Waals surface area (Å²) in [6.07, 6.45) is 2.51. The minimum atomic E-state index is -0.497. The summed E-state index contributed by atoms with van der Waals surface area (Å²) in [6, 6.07) is 12.0. The largest absolute Gasteiger partial charge is 0.465 e. The number of rotatable bonds is 9. The Bertz CT molecular complexity index is 1330. The van der Waals surface area contributed by atoms with Gasteiger partial charge in [-0.05, 0) is 53.8 Å². The Morgan fingerprint density at radius 3 is 2.79 bits per heavy atom. The van der Waals surface area contributed by atoms with Gasteiger partial charge in [-0.25, -0.2) is 14.2 Å². The van der Waals surface area contributed by atoms with Crippen LogP contribution in [0.4, 0.5) is 21.8 Å². The predicted octanol–water partition coefficient (Wildman–Crippen LogP) is 6.13. The zero-order chi connectivity index (χ0) is 24.1. The van der Waals surface area contributed by atoms with Gasteiger partial charge in [0.05, 0.1) is 12.1 Å². The smallest absolute Gasteiger partial charge is 0.348 e. The number of esters is 1. The van der Waals surface area contributed by atoms with Crippen molar-refractivity contribution in [3.8, 4) is 11.1 Å². The SMILES string of the molecule is COCCCNc1nc(Nc2ccc(F)c(Cl)c2)ncc1-c1ccc2sc(C(=O)OC)cc2c1. The lowest BCUT2D eigenvalue weighted by atomic mass is 10.1. The Morgan fingerprint density at radius 2 is 2.03 bits per heavy atom. The van der Waals surface area contributed by atoms with E-state index in [1.54, 1.807) is 19.4 Å². The van der Waals surface area contributed by atoms with Gasteiger partial charge in [0.1, 0.15) is 16.5 Å². The van der Waals surface area contributed by atoms with E-state index in [1.807, 2.05) is 24.3 Å². The first-order valence-corrected chi connectivity index (χ1v) is 11.6. The molecule has 2 N–H and O–H groups in total. The number of aromatic nitrogens is 2. The van der Waals surface area contributed by atoms with Crippen LogP contribution >= 0.6 is 22.9 Å². The summed E-state index contributed by atoms with van der Waals surface area (Å²) in [6.45, 7) is 1.26. The van der Waals surface area contributed by atoms with Crippen LogP contribution in [0.25, 0.3) is 21.2 Å². The molecule has 7 nitrogen and oxygen atoms in total. The molecule has 0 aliphatic heterocycles. The number of carbonyl (C=O) groups is 1. The molecule has 0 saturated heterocycles. The maximum Gasteiger partial charge on any atom is 0.348 e. The number of halogens is 2. The molecular weight excluding hydrogens is 479 g/mol. The lowest BCUT2D eigenvalue weighted by Crippen LogP contribution is -2.09. The van der Waals surface area contributed by atoms with Gasteiger partial charge in [0, 0.05) is 42.4 Å². The van der Waals surface area contributed by atoms with Gasteiger partial charge in [0.2, 0.25) is 5.95 Å². The number of ether oxygens (including phenoxy) is 2. The van der Waals surface area contributed by atoms with Gasteiger partial charge >= 0.3 is 5.97 Å². The van der Waals surface area contributed by atoms with Crippen LogP contribution in [0.3, 0.4) is 0 Å². The van der Waals surface area contributed by atoms with Crippen molar-refractivity contribution < 1.29 is 18.7 Å². The minimum Gasteiger partial charge on any atom is -0.465 e. The molecule has 0 radical (unpaired) electrons. The number of carbonyl (C=O) groups excluding carboxylic acids is 1. The summed E-state index contributed by atoms with van der Waals surface area (Å²) in [4.78, 5) is 21.5. The first kappa shape index (κ1) is 23.9. The van der Waals surface area contributed by atoms with Gasteiger partial charge < -0.3 is 20.1 Å². The van der Waals surface area contributed by atoms with Crippen molar-refractivity contribution in [2.45, 2.75) is 6.42 Å². The number of hydrogen-bond acceptors (Lipinski definition) is 8. The maximum absolute atomic E-state index is 13.5. The molecule has 2 heterocycles. The Labute approximate surface area is 204 Å². The summed E-state index contributed by atoms with van der Waals surface area (Å²) >= 11 is 7.27. The molecule has 4 rings (SSSR count). The highest BCUT2D eigenvalue weighted by molar-refractivity contribution is 7.20. The van der Waals surface area contributed by atoms with E-state index in [0.29, 0.717) is 35.5 Å². The molecular formula is C24H22ClFN4O3S. The van der Waals surface area contributed by atoms with Crippen LogP contribution in [-0.2, 0) is 9.47 Å². The van der Waals surface area contributed by atoms with Crippen LogP contribution in [0.15, 0.2) is 48.7 Å². The molecule has 0 fully saturated rings. The summed E-state index contributed by atoms with van der Waals surface area (Å²) < 4.78 is 24.4. The Kier molecular flexibility index (Phi) is 7.56. The Morgan fingerprint density at radius 1 is 1.18 bits per heavy atom. The van der Waals surface area contributed by atoms with Crippen molar-refractivity contribution in [1.29, 1.82) is 0 Å². The molecule has 2 aromatic carbocycles. The first-order chi connectivity index (χ1) is 16.5. The lowest BCUT2D eigenvalue weighted by Gasteiger charge is -2.13. The van der Waals surface area contributed by atoms with Crippen molar-refractivity contribution >= 4 is 56.4 Å². The molecule has 0 amide bonds. The van der Waals surface area contributed by atoms with E-state index in [1.165, 1.54) is 30.6 Å². The third-order valence-electron chi connectivity index (χ3n) is 5.00. The van der Waals surface area contributed by atoms with Crippen molar-refractivity contribution in [3.63, 3.8) is 0 Å². The standard InChI is InChI=1S/C24H22ClFN4O3S/c1-32-9-3-8-27-22-17(13-28-24(30-22)29-16-5-6-19(26)18(25)12-16)14-4-7-20-15(10-14)11-21(34-20)23(31)33-2/h4-7,10-13H,3,8-9H2,1-2H3,(H2,27,28,29,30).